The summed E-state index contributed by atoms with van der Waals surface area (Å²) in [6, 6.07) is 41.2. The number of benzene rings is 5. The highest BCUT2D eigenvalue weighted by molar-refractivity contribution is 7.17. The maximum Gasteiger partial charge on any atom is 0.367 e. The first-order valence-electron chi connectivity index (χ1n) is 27.0. The molecule has 0 N–H and O–H groups in total. The van der Waals surface area contributed by atoms with Crippen molar-refractivity contribution < 1.29 is 66.8 Å². The molecule has 0 atom stereocenters. The molecule has 16 heteroatoms. The molecule has 2 aromatic heterocycles. The summed E-state index contributed by atoms with van der Waals surface area (Å²) < 4.78 is 37.9. The van der Waals surface area contributed by atoms with Gasteiger partial charge in [0, 0.05) is 64.1 Å². The fourth-order valence-electron chi connectivity index (χ4n) is 11.0. The maximum atomic E-state index is 15.3. The second-order valence-corrected chi connectivity index (χ2v) is 22.7. The predicted octanol–water partition coefficient (Wildman–Crippen LogP) is 11.7. The topological polar surface area (TPSA) is 192 Å². The Balaban J connectivity index is 1.01. The molecule has 414 valence electrons. The smallest absolute Gasteiger partial charge is 0.367 e. The van der Waals surface area contributed by atoms with Gasteiger partial charge in [-0.1, -0.05) is 146 Å². The molecule has 5 aromatic carbocycles. The quantitative estimate of drug-likeness (QED) is 0.0328. The maximum absolute atomic E-state index is 15.3. The van der Waals surface area contributed by atoms with E-state index >= 15 is 19.2 Å². The van der Waals surface area contributed by atoms with Crippen molar-refractivity contribution in [2.75, 3.05) is 0 Å². The molecule has 6 aliphatic rings. The number of hydrogen-bond donors (Lipinski definition) is 0. The number of hydrogen-bond acceptors (Lipinski definition) is 16. The lowest BCUT2D eigenvalue weighted by atomic mass is 9.85. The Labute approximate surface area is 488 Å². The van der Waals surface area contributed by atoms with E-state index in [-0.39, 0.29) is 90.8 Å². The summed E-state index contributed by atoms with van der Waals surface area (Å²) in [5, 5.41) is 0. The highest BCUT2D eigenvalue weighted by Crippen LogP contribution is 2.58. The summed E-state index contributed by atoms with van der Waals surface area (Å²) in [6.07, 6.45) is 12.1. The summed E-state index contributed by atoms with van der Waals surface area (Å²) in [4.78, 5) is 118. The lowest BCUT2D eigenvalue weighted by Gasteiger charge is -2.37. The van der Waals surface area contributed by atoms with Crippen molar-refractivity contribution in [3.8, 4) is 32.4 Å². The van der Waals surface area contributed by atoms with E-state index in [4.69, 9.17) is 28.4 Å². The molecule has 0 saturated heterocycles. The highest BCUT2D eigenvalue weighted by atomic mass is 32.1. The van der Waals surface area contributed by atoms with Crippen molar-refractivity contribution in [1.29, 1.82) is 0 Å². The van der Waals surface area contributed by atoms with Crippen LogP contribution in [0.5, 0.6) is 11.5 Å². The van der Waals surface area contributed by atoms with E-state index in [9.17, 15) is 19.2 Å². The van der Waals surface area contributed by atoms with Crippen LogP contribution in [0.2, 0.25) is 0 Å². The molecule has 13 rings (SSSR count). The van der Waals surface area contributed by atoms with Gasteiger partial charge in [0.05, 0.1) is 11.1 Å². The minimum absolute atomic E-state index is 0.0642. The fourth-order valence-corrected chi connectivity index (χ4v) is 13.4. The molecule has 0 amide bonds. The van der Waals surface area contributed by atoms with Gasteiger partial charge in [-0.05, 0) is 84.4 Å². The third-order valence-corrected chi connectivity index (χ3v) is 17.4. The molecule has 0 spiro atoms. The van der Waals surface area contributed by atoms with Gasteiger partial charge in [0.25, 0.3) is 0 Å². The Morgan fingerprint density at radius 1 is 0.405 bits per heavy atom. The molecule has 0 unspecified atom stereocenters. The van der Waals surface area contributed by atoms with Crippen molar-refractivity contribution >= 4 is 81.8 Å². The Morgan fingerprint density at radius 3 is 0.952 bits per heavy atom. The van der Waals surface area contributed by atoms with Crippen molar-refractivity contribution in [3.63, 3.8) is 0 Å². The van der Waals surface area contributed by atoms with Crippen molar-refractivity contribution in [1.82, 2.24) is 0 Å². The van der Waals surface area contributed by atoms with Crippen LogP contribution < -0.4 is 9.47 Å². The lowest BCUT2D eigenvalue weighted by molar-refractivity contribution is -0.185. The van der Waals surface area contributed by atoms with Crippen LogP contribution in [-0.2, 0) is 94.9 Å². The van der Waals surface area contributed by atoms with Crippen molar-refractivity contribution in [2.24, 2.45) is 0 Å². The number of rotatable bonds is 14. The summed E-state index contributed by atoms with van der Waals surface area (Å²) in [5.41, 5.74) is -1.82. The van der Waals surface area contributed by atoms with Crippen molar-refractivity contribution in [3.05, 3.63) is 246 Å². The Morgan fingerprint density at radius 2 is 0.679 bits per heavy atom. The zero-order chi connectivity index (χ0) is 57.7. The van der Waals surface area contributed by atoms with E-state index in [0.29, 0.717) is 70.2 Å². The minimum Gasteiger partial charge on any atom is -0.459 e. The zero-order valence-corrected chi connectivity index (χ0v) is 46.1. The minimum atomic E-state index is -2.71. The Bertz CT molecular complexity index is 3720. The average molecular weight is 1150 g/mol. The zero-order valence-electron chi connectivity index (χ0n) is 44.5. The summed E-state index contributed by atoms with van der Waals surface area (Å²) >= 11 is 2.05. The van der Waals surface area contributed by atoms with Crippen LogP contribution in [0.4, 0.5) is 0 Å². The Hall–Kier alpha value is -9.90. The fraction of sp³-hybridized carbons (Fsp3) is 0.147. The van der Waals surface area contributed by atoms with Gasteiger partial charge in [0.1, 0.15) is 37.9 Å². The number of fused-ring (bicyclic) bond motifs is 8. The lowest BCUT2D eigenvalue weighted by Crippen LogP contribution is -2.52. The van der Waals surface area contributed by atoms with Gasteiger partial charge in [-0.25, -0.2) is 19.2 Å². The number of Topliss-reactive ketones (excluding diaryl/α,β-unsaturated/α-hetero) is 4. The largest absolute Gasteiger partial charge is 0.459 e. The van der Waals surface area contributed by atoms with Crippen LogP contribution in [0, 0.1) is 0 Å². The molecular formula is C68H46O14S2. The standard InChI is InChI=1S/C68H46O14S2/c69-57-45-25-13-14-26-46(45)58(70)51(57)29-43-31-53-61(83-43)49-34-56-50(33-55(49)81-67(53,63(73)77-35-39-17-5-1-6-18-39)64(74)78-36-40-19-7-2-8-20-40)62-54(32-44(84-62)30-52-59(71)47-27-15-16-28-48(47)60(52)72)68(82-56,65(75)79-37-41-21-9-3-10-22-41)66(76)80-38-42-23-11-4-12-24-42/h1-12,17-34H,13-16,35-38H2. The molecule has 2 fully saturated rings. The van der Waals surface area contributed by atoms with Gasteiger partial charge < -0.3 is 28.4 Å². The number of carbonyl (C=O) groups excluding carboxylic acids is 8. The molecule has 4 heterocycles. The van der Waals surface area contributed by atoms with Crippen LogP contribution in [0.25, 0.3) is 33.0 Å². The summed E-state index contributed by atoms with van der Waals surface area (Å²) in [6.45, 7) is -1.15. The molecular weight excluding hydrogens is 1100 g/mol. The average Bonchev–Trinajstić information content (AvgIpc) is 1.48. The molecule has 0 radical (unpaired) electrons. The van der Waals surface area contributed by atoms with Gasteiger partial charge in [-0.15, -0.1) is 22.7 Å². The van der Waals surface area contributed by atoms with Crippen LogP contribution in [0.1, 0.15) is 68.8 Å². The first kappa shape index (κ1) is 53.4. The van der Waals surface area contributed by atoms with Gasteiger partial charge in [0.2, 0.25) is 0 Å². The number of ketones is 4. The molecule has 2 aliphatic heterocycles. The van der Waals surface area contributed by atoms with Crippen LogP contribution in [0.3, 0.4) is 0 Å². The first-order chi connectivity index (χ1) is 40.9. The van der Waals surface area contributed by atoms with E-state index in [1.807, 2.05) is 0 Å². The molecule has 14 nitrogen and oxygen atoms in total. The van der Waals surface area contributed by atoms with E-state index < -0.39 is 58.2 Å². The molecule has 7 aromatic rings. The van der Waals surface area contributed by atoms with Gasteiger partial charge in [0.15, 0.2) is 23.1 Å². The van der Waals surface area contributed by atoms with E-state index in [1.54, 1.807) is 146 Å². The predicted molar refractivity (Wildman–Crippen MR) is 309 cm³/mol. The summed E-state index contributed by atoms with van der Waals surface area (Å²) in [7, 11) is 0. The molecule has 4 aliphatic carbocycles. The monoisotopic (exact) mass is 1150 g/mol. The van der Waals surface area contributed by atoms with Gasteiger partial charge in [-0.3, -0.25) is 19.2 Å². The van der Waals surface area contributed by atoms with Gasteiger partial charge in [-0.2, -0.15) is 0 Å². The second-order valence-electron chi connectivity index (χ2n) is 20.5. The molecule has 0 bridgehead atoms. The Kier molecular flexibility index (Phi) is 13.8. The number of ether oxygens (including phenoxy) is 6. The number of esters is 4. The number of carbonyl (C=O) groups is 8. The van der Waals surface area contributed by atoms with E-state index in [1.165, 1.54) is 36.4 Å². The van der Waals surface area contributed by atoms with E-state index in [2.05, 4.69) is 0 Å². The number of allylic oxidation sites excluding steroid dienone is 10. The van der Waals surface area contributed by atoms with Crippen LogP contribution in [0.15, 0.2) is 203 Å². The molecule has 2 saturated carbocycles. The number of thiophene rings is 2. The van der Waals surface area contributed by atoms with Gasteiger partial charge >= 0.3 is 35.1 Å². The third kappa shape index (κ3) is 9.29. The van der Waals surface area contributed by atoms with Crippen LogP contribution >= 0.6 is 22.7 Å². The van der Waals surface area contributed by atoms with Crippen LogP contribution in [-0.4, -0.2) is 47.0 Å². The highest BCUT2D eigenvalue weighted by Gasteiger charge is 2.61. The first-order valence-corrected chi connectivity index (χ1v) is 28.7. The summed E-state index contributed by atoms with van der Waals surface area (Å²) in [5.74, 6) is -6.67. The van der Waals surface area contributed by atoms with Crippen molar-refractivity contribution in [2.45, 2.75) is 63.3 Å². The van der Waals surface area contributed by atoms with E-state index in [0.717, 1.165) is 22.7 Å². The normalized spacial score (nSPS) is 16.5. The SMILES string of the molecule is O=C1C(=Cc2cc3c(s2)-c2cc4c(cc2OC3(C(=O)OCc2ccccc2)C(=O)OCc2ccccc2)-c2sc(C=C3C(=O)C5=CCCC=C5C3=O)cc2C(C(=O)OCc2ccccc2)(C(=O)OCc2ccccc2)O4)C(=O)C2=CCCC=C12. The molecule has 84 heavy (non-hydrogen) atoms. The second kappa shape index (κ2) is 21.8. The third-order valence-electron chi connectivity index (χ3n) is 15.2.